The Bertz CT molecular complexity index is 1070. The van der Waals surface area contributed by atoms with Gasteiger partial charge in [0.2, 0.25) is 5.91 Å². The summed E-state index contributed by atoms with van der Waals surface area (Å²) in [6.07, 6.45) is 2.07. The minimum absolute atomic E-state index is 0.0768. The fourth-order valence-electron chi connectivity index (χ4n) is 4.23. The highest BCUT2D eigenvalue weighted by Crippen LogP contribution is 2.65. The second kappa shape index (κ2) is 5.68. The lowest BCUT2D eigenvalue weighted by atomic mass is 9.85. The molecule has 7 heteroatoms. The molecule has 2 aliphatic rings. The zero-order valence-corrected chi connectivity index (χ0v) is 15.2. The number of amides is 1. The monoisotopic (exact) mass is 364 g/mol. The summed E-state index contributed by atoms with van der Waals surface area (Å²) in [6.45, 7) is 4.97. The number of hydrogen-bond acceptors (Lipinski definition) is 4. The van der Waals surface area contributed by atoms with Crippen molar-refractivity contribution in [3.05, 3.63) is 68.5 Å². The van der Waals surface area contributed by atoms with E-state index in [2.05, 4.69) is 18.8 Å². The molecule has 1 atom stereocenters. The highest BCUT2D eigenvalue weighted by molar-refractivity contribution is 5.93. The van der Waals surface area contributed by atoms with Crippen molar-refractivity contribution in [3.8, 4) is 6.07 Å². The third kappa shape index (κ3) is 2.44. The van der Waals surface area contributed by atoms with Gasteiger partial charge in [-0.2, -0.15) is 5.26 Å². The molecule has 0 spiro atoms. The average molecular weight is 364 g/mol. The quantitative estimate of drug-likeness (QED) is 0.883. The van der Waals surface area contributed by atoms with E-state index in [1.807, 2.05) is 30.3 Å². The summed E-state index contributed by atoms with van der Waals surface area (Å²) < 4.78 is 1.34. The summed E-state index contributed by atoms with van der Waals surface area (Å²) in [7, 11) is 0. The van der Waals surface area contributed by atoms with Crippen molar-refractivity contribution in [1.29, 1.82) is 5.26 Å². The first-order chi connectivity index (χ1) is 12.8. The van der Waals surface area contributed by atoms with Gasteiger partial charge in [0.05, 0.1) is 11.5 Å². The molecule has 1 aromatic carbocycles. The lowest BCUT2D eigenvalue weighted by Gasteiger charge is -2.42. The van der Waals surface area contributed by atoms with E-state index < -0.39 is 16.7 Å². The molecule has 1 aliphatic heterocycles. The largest absolute Gasteiger partial charge is 0.338 e. The van der Waals surface area contributed by atoms with Gasteiger partial charge in [-0.25, -0.2) is 4.79 Å². The summed E-state index contributed by atoms with van der Waals surface area (Å²) in [4.78, 5) is 40.8. The first kappa shape index (κ1) is 17.3. The molecule has 7 nitrogen and oxygen atoms in total. The second-order valence-electron chi connectivity index (χ2n) is 8.02. The summed E-state index contributed by atoms with van der Waals surface area (Å²) >= 11 is 0. The molecule has 4 rings (SSSR count). The normalized spacial score (nSPS) is 23.4. The van der Waals surface area contributed by atoms with Crippen LogP contribution in [0, 0.1) is 16.7 Å². The van der Waals surface area contributed by atoms with Crippen LogP contribution in [0.2, 0.25) is 0 Å². The maximum atomic E-state index is 13.3. The number of aromatic nitrogens is 2. The highest BCUT2D eigenvalue weighted by atomic mass is 16.2. The Hall–Kier alpha value is -3.14. The maximum Gasteiger partial charge on any atom is 0.328 e. The van der Waals surface area contributed by atoms with E-state index in [9.17, 15) is 14.4 Å². The zero-order chi connectivity index (χ0) is 19.4. The molecule has 138 valence electrons. The van der Waals surface area contributed by atoms with Crippen LogP contribution < -0.4 is 11.2 Å². The minimum Gasteiger partial charge on any atom is -0.338 e. The van der Waals surface area contributed by atoms with Crippen molar-refractivity contribution in [2.24, 2.45) is 5.41 Å². The van der Waals surface area contributed by atoms with Gasteiger partial charge in [0, 0.05) is 19.3 Å². The predicted molar refractivity (Wildman–Crippen MR) is 98.2 cm³/mol. The molecule has 27 heavy (non-hydrogen) atoms. The van der Waals surface area contributed by atoms with Crippen LogP contribution in [0.15, 0.2) is 46.1 Å². The molecule has 0 bridgehead atoms. The molecule has 1 saturated carbocycles. The standard InChI is InChI=1S/C20H20N4O3/c1-19(2)12-20(19,14-6-4-3-5-7-14)17(26)23-10-15(11-23)24-9-13(8-21)16(25)22-18(24)27/h3-7,9,15H,10-12H2,1-2H3,(H,22,25,27). The summed E-state index contributed by atoms with van der Waals surface area (Å²) in [6, 6.07) is 11.4. The summed E-state index contributed by atoms with van der Waals surface area (Å²) in [5, 5.41) is 9.00. The van der Waals surface area contributed by atoms with E-state index in [4.69, 9.17) is 5.26 Å². The van der Waals surface area contributed by atoms with Crippen molar-refractivity contribution in [2.75, 3.05) is 13.1 Å². The molecule has 2 fully saturated rings. The Labute approximate surface area is 155 Å². The molecule has 1 aromatic heterocycles. The van der Waals surface area contributed by atoms with Crippen molar-refractivity contribution in [3.63, 3.8) is 0 Å². The Kier molecular flexibility index (Phi) is 3.63. The highest BCUT2D eigenvalue weighted by Gasteiger charge is 2.68. The number of rotatable bonds is 3. The molecule has 1 N–H and O–H groups in total. The van der Waals surface area contributed by atoms with Crippen LogP contribution >= 0.6 is 0 Å². The molecular formula is C20H20N4O3. The van der Waals surface area contributed by atoms with Crippen LogP contribution in [0.1, 0.15) is 37.4 Å². The first-order valence-electron chi connectivity index (χ1n) is 8.91. The maximum absolute atomic E-state index is 13.3. The van der Waals surface area contributed by atoms with Crippen LogP contribution in [0.3, 0.4) is 0 Å². The molecule has 2 aromatic rings. The number of nitrogens with one attached hydrogen (secondary N) is 1. The van der Waals surface area contributed by atoms with Gasteiger partial charge in [0.1, 0.15) is 11.6 Å². The smallest absolute Gasteiger partial charge is 0.328 e. The number of carbonyl (C=O) groups is 1. The van der Waals surface area contributed by atoms with Gasteiger partial charge in [-0.05, 0) is 17.4 Å². The number of likely N-dealkylation sites (tertiary alicyclic amines) is 1. The molecule has 1 unspecified atom stereocenters. The Balaban J connectivity index is 1.57. The first-order valence-corrected chi connectivity index (χ1v) is 8.91. The van der Waals surface area contributed by atoms with Gasteiger partial charge in [-0.15, -0.1) is 0 Å². The molecule has 0 radical (unpaired) electrons. The molecule has 1 aliphatic carbocycles. The van der Waals surface area contributed by atoms with E-state index in [1.54, 1.807) is 11.0 Å². The third-order valence-corrected chi connectivity index (χ3v) is 6.00. The number of nitrogens with zero attached hydrogens (tertiary/aromatic N) is 3. The summed E-state index contributed by atoms with van der Waals surface area (Å²) in [5.74, 6) is 0.0768. The number of hydrogen-bond donors (Lipinski definition) is 1. The average Bonchev–Trinajstić information content (AvgIpc) is 3.20. The Morgan fingerprint density at radius 2 is 1.85 bits per heavy atom. The second-order valence-corrected chi connectivity index (χ2v) is 8.02. The molecule has 1 amide bonds. The Morgan fingerprint density at radius 1 is 1.22 bits per heavy atom. The van der Waals surface area contributed by atoms with Gasteiger partial charge in [0.15, 0.2) is 0 Å². The minimum atomic E-state index is -0.686. The Morgan fingerprint density at radius 3 is 2.41 bits per heavy atom. The molecular weight excluding hydrogens is 344 g/mol. The van der Waals surface area contributed by atoms with E-state index in [0.717, 1.165) is 12.0 Å². The number of carbonyl (C=O) groups excluding carboxylic acids is 1. The van der Waals surface area contributed by atoms with Crippen molar-refractivity contribution >= 4 is 5.91 Å². The van der Waals surface area contributed by atoms with E-state index in [1.165, 1.54) is 10.8 Å². The third-order valence-electron chi connectivity index (χ3n) is 6.00. The van der Waals surface area contributed by atoms with Crippen LogP contribution in [0.4, 0.5) is 0 Å². The van der Waals surface area contributed by atoms with Crippen molar-refractivity contribution < 1.29 is 4.79 Å². The van der Waals surface area contributed by atoms with Gasteiger partial charge in [-0.1, -0.05) is 44.2 Å². The molecule has 2 heterocycles. The number of nitriles is 1. The van der Waals surface area contributed by atoms with Gasteiger partial charge >= 0.3 is 5.69 Å². The van der Waals surface area contributed by atoms with E-state index in [-0.39, 0.29) is 22.9 Å². The van der Waals surface area contributed by atoms with Crippen LogP contribution in [0.25, 0.3) is 0 Å². The fraction of sp³-hybridized carbons (Fsp3) is 0.400. The van der Waals surface area contributed by atoms with Crippen LogP contribution in [0.5, 0.6) is 0 Å². The van der Waals surface area contributed by atoms with E-state index >= 15 is 0 Å². The lowest BCUT2D eigenvalue weighted by molar-refractivity contribution is -0.140. The van der Waals surface area contributed by atoms with Gasteiger partial charge < -0.3 is 4.90 Å². The number of benzene rings is 1. The molecule has 1 saturated heterocycles. The lowest BCUT2D eigenvalue weighted by Crippen LogP contribution is -2.56. The van der Waals surface area contributed by atoms with Crippen LogP contribution in [-0.4, -0.2) is 33.4 Å². The SMILES string of the molecule is CC1(C)CC1(C(=O)N1CC(n2cc(C#N)c(=O)[nH]c2=O)C1)c1ccccc1. The van der Waals surface area contributed by atoms with Crippen molar-refractivity contribution in [2.45, 2.75) is 31.7 Å². The van der Waals surface area contributed by atoms with E-state index in [0.29, 0.717) is 13.1 Å². The number of aromatic amines is 1. The van der Waals surface area contributed by atoms with Crippen LogP contribution in [-0.2, 0) is 10.2 Å². The van der Waals surface area contributed by atoms with Crippen molar-refractivity contribution in [1.82, 2.24) is 14.5 Å². The summed E-state index contributed by atoms with van der Waals surface area (Å²) in [5.41, 5.74) is -0.957. The zero-order valence-electron chi connectivity index (χ0n) is 15.2. The topological polar surface area (TPSA) is 99.0 Å². The van der Waals surface area contributed by atoms with Gasteiger partial charge in [0.25, 0.3) is 5.56 Å². The fourth-order valence-corrected chi connectivity index (χ4v) is 4.23. The van der Waals surface area contributed by atoms with Gasteiger partial charge in [-0.3, -0.25) is 19.1 Å². The predicted octanol–water partition coefficient (Wildman–Crippen LogP) is 1.16. The number of H-pyrrole nitrogens is 1.